The number of carboxylic acids is 1. The Morgan fingerprint density at radius 1 is 1.44 bits per heavy atom. The first-order chi connectivity index (χ1) is 8.22. The van der Waals surface area contributed by atoms with Gasteiger partial charge in [0.05, 0.1) is 0 Å². The van der Waals surface area contributed by atoms with Crippen molar-refractivity contribution < 1.29 is 14.7 Å². The average molecular weight is 505 g/mol. The van der Waals surface area contributed by atoms with Crippen LogP contribution in [0.1, 0.15) is 5.56 Å². The molecule has 0 spiro atoms. The third-order valence-electron chi connectivity index (χ3n) is 2.52. The van der Waals surface area contributed by atoms with E-state index < -0.39 is 12.0 Å². The van der Waals surface area contributed by atoms with Crippen LogP contribution in [0.2, 0.25) is 0 Å². The Bertz CT molecular complexity index is 555. The molecule has 18 heavy (non-hydrogen) atoms. The first-order valence-corrected chi connectivity index (χ1v) is 5.91. The Morgan fingerprint density at radius 2 is 2.17 bits per heavy atom. The van der Waals surface area contributed by atoms with Crippen molar-refractivity contribution in [3.63, 3.8) is 0 Å². The fraction of sp³-hybridized carbons (Fsp3) is 0.167. The summed E-state index contributed by atoms with van der Waals surface area (Å²) in [7, 11) is 0. The van der Waals surface area contributed by atoms with E-state index in [-0.39, 0.29) is 6.42 Å². The second-order valence-electron chi connectivity index (χ2n) is 3.60. The zero-order chi connectivity index (χ0) is 12.3. The van der Waals surface area contributed by atoms with Gasteiger partial charge in [0.1, 0.15) is 6.04 Å². The van der Waals surface area contributed by atoms with Gasteiger partial charge in [-0.3, -0.25) is 4.79 Å². The molecule has 0 radical (unpaired) electrons. The summed E-state index contributed by atoms with van der Waals surface area (Å²) < 4.78 is 1.11. The molecule has 0 aliphatic rings. The van der Waals surface area contributed by atoms with Gasteiger partial charge in [-0.15, -0.1) is 11.3 Å². The van der Waals surface area contributed by atoms with E-state index >= 15 is 0 Å². The van der Waals surface area contributed by atoms with E-state index in [1.54, 1.807) is 11.3 Å². The van der Waals surface area contributed by atoms with Gasteiger partial charge in [0.15, 0.2) is 0 Å². The molecule has 100 valence electrons. The molecule has 6 heteroatoms. The first kappa shape index (κ1) is 13.2. The maximum absolute atomic E-state index is 10.9. The number of benzene rings is 1. The van der Waals surface area contributed by atoms with Crippen molar-refractivity contribution in [1.82, 2.24) is 5.32 Å². The molecule has 1 aromatic carbocycles. The van der Waals surface area contributed by atoms with Crippen LogP contribution < -0.4 is 5.32 Å². The molecule has 1 atom stereocenters. The zero-order valence-electron chi connectivity index (χ0n) is 9.13. The van der Waals surface area contributed by atoms with Gasteiger partial charge in [-0.2, -0.15) is 6.41 Å². The van der Waals surface area contributed by atoms with Gasteiger partial charge in [0.25, 0.3) is 0 Å². The molecule has 0 aliphatic heterocycles. The summed E-state index contributed by atoms with van der Waals surface area (Å²) in [5, 5.41) is 14.1. The predicted octanol–water partition coefficient (Wildman–Crippen LogP) is 1.55. The molecule has 2 N–H and O–H groups in total. The van der Waals surface area contributed by atoms with Crippen LogP contribution in [-0.4, -0.2) is 23.5 Å². The third kappa shape index (κ3) is 2.44. The Kier molecular flexibility index (Phi) is 3.99. The number of nitrogens with one attached hydrogen (secondary N) is 1. The molecular formula is C12H10FmNO3S-. The van der Waals surface area contributed by atoms with Crippen molar-refractivity contribution in [2.75, 3.05) is 0 Å². The molecular weight excluding hydrogens is 495 g/mol. The number of fused-ring (bicyclic) bond motifs is 1. The Hall–Kier alpha value is -2.88. The molecule has 0 bridgehead atoms. The number of hydrogen-bond acceptors (Lipinski definition) is 3. The van der Waals surface area contributed by atoms with Crippen molar-refractivity contribution in [1.29, 1.82) is 0 Å². The predicted molar refractivity (Wildman–Crippen MR) is 65.8 cm³/mol. The first-order valence-electron chi connectivity index (χ1n) is 5.03. The number of carbonyl (C=O) groups excluding carboxylic acids is 1. The SMILES string of the molecule is O=[C-]N[C@@H](Cc1csc2ccccc12)C(=O)O.[Fm]. The topological polar surface area (TPSA) is 66.4 Å². The Morgan fingerprint density at radius 3 is 2.83 bits per heavy atom. The van der Waals surface area contributed by atoms with Crippen LogP contribution in [0.4, 0.5) is 0 Å². The Labute approximate surface area is 102 Å². The summed E-state index contributed by atoms with van der Waals surface area (Å²) in [6.45, 7) is 0. The summed E-state index contributed by atoms with van der Waals surface area (Å²) >= 11 is 1.57. The van der Waals surface area contributed by atoms with E-state index in [2.05, 4.69) is 5.32 Å². The average Bonchev–Trinajstić information content (AvgIpc) is 2.72. The smallest absolute Gasteiger partial charge is 0.323 e. The van der Waals surface area contributed by atoms with E-state index in [4.69, 9.17) is 5.11 Å². The van der Waals surface area contributed by atoms with E-state index in [0.29, 0.717) is 0 Å². The van der Waals surface area contributed by atoms with Crippen molar-refractivity contribution in [2.45, 2.75) is 12.5 Å². The van der Waals surface area contributed by atoms with Gasteiger partial charge in [0.2, 0.25) is 0 Å². The maximum Gasteiger partial charge on any atom is 0.323 e. The molecule has 0 unspecified atom stereocenters. The van der Waals surface area contributed by atoms with Crippen molar-refractivity contribution >= 4 is 33.8 Å². The molecule has 0 saturated heterocycles. The number of amides is 1. The number of aliphatic carboxylic acids is 1. The van der Waals surface area contributed by atoms with Crippen LogP contribution in [0.15, 0.2) is 29.6 Å². The maximum atomic E-state index is 10.9. The molecule has 2 aromatic rings. The van der Waals surface area contributed by atoms with Crippen molar-refractivity contribution in [3.8, 4) is 0 Å². The summed E-state index contributed by atoms with van der Waals surface area (Å²) in [4.78, 5) is 21.1. The largest absolute Gasteiger partial charge is 0.520 e. The van der Waals surface area contributed by atoms with Crippen LogP contribution in [-0.2, 0) is 16.0 Å². The van der Waals surface area contributed by atoms with Crippen molar-refractivity contribution in [2.24, 2.45) is 0 Å². The summed E-state index contributed by atoms with van der Waals surface area (Å²) in [6, 6.07) is 6.86. The molecule has 1 amide bonds. The monoisotopic (exact) mass is 505 g/mol. The van der Waals surface area contributed by atoms with Gasteiger partial charge >= 0.3 is 5.97 Å². The normalized spacial score (nSPS) is 11.6. The third-order valence-corrected chi connectivity index (χ3v) is 3.53. The molecule has 0 saturated carbocycles. The second-order valence-corrected chi connectivity index (χ2v) is 4.51. The van der Waals surface area contributed by atoms with Gasteiger partial charge in [-0.05, 0) is 22.4 Å². The minimum Gasteiger partial charge on any atom is -0.520 e. The molecule has 2 rings (SSSR count). The number of hydrogen-bond donors (Lipinski definition) is 2. The van der Waals surface area contributed by atoms with Crippen LogP contribution in [0, 0.1) is 0 Å². The van der Waals surface area contributed by atoms with Crippen LogP contribution in [0.5, 0.6) is 0 Å². The second kappa shape index (κ2) is 5.45. The standard InChI is InChI=1S/C12H10NO3S.Fm/c14-7-13-10(12(15)16)5-8-6-17-11-4-2-1-3-9(8)11;/h1-4,6,10H,5H2,(H,13,14)(H,15,16);/q-1;/t10-;/m0./s1. The van der Waals surface area contributed by atoms with Crippen LogP contribution in [0.3, 0.4) is 0 Å². The number of carbonyl (C=O) groups is 1. The van der Waals surface area contributed by atoms with Gasteiger partial charge in [-0.25, -0.2) is 0 Å². The van der Waals surface area contributed by atoms with Gasteiger partial charge in [0, 0.05) is 11.1 Å². The molecule has 1 aromatic heterocycles. The van der Waals surface area contributed by atoms with E-state index in [1.807, 2.05) is 29.6 Å². The molecule has 0 fully saturated rings. The fourth-order valence-corrected chi connectivity index (χ4v) is 2.66. The fourth-order valence-electron chi connectivity index (χ4n) is 1.68. The summed E-state index contributed by atoms with van der Waals surface area (Å²) in [5.74, 6) is -1.05. The van der Waals surface area contributed by atoms with E-state index in [0.717, 1.165) is 15.6 Å². The summed E-state index contributed by atoms with van der Waals surface area (Å²) in [5.41, 5.74) is 0.931. The zero-order valence-corrected chi connectivity index (χ0v) is 12.4. The van der Waals surface area contributed by atoms with Crippen LogP contribution >= 0.6 is 11.3 Å². The summed E-state index contributed by atoms with van der Waals surface area (Å²) in [6.07, 6.45) is 1.70. The van der Waals surface area contributed by atoms with E-state index in [1.165, 1.54) is 6.41 Å². The van der Waals surface area contributed by atoms with Crippen molar-refractivity contribution in [3.05, 3.63) is 35.2 Å². The minimum absolute atomic E-state index is 0. The number of rotatable bonds is 5. The quantitative estimate of drug-likeness (QED) is 0.479. The number of thiophene rings is 1. The number of carboxylic acid groups (broad SMARTS) is 1. The minimum atomic E-state index is -1.05. The van der Waals surface area contributed by atoms with E-state index in [9.17, 15) is 9.59 Å². The van der Waals surface area contributed by atoms with Crippen LogP contribution in [0.25, 0.3) is 10.1 Å². The van der Waals surface area contributed by atoms with Gasteiger partial charge in [-0.1, -0.05) is 18.2 Å². The molecule has 4 nitrogen and oxygen atoms in total. The van der Waals surface area contributed by atoms with Gasteiger partial charge < -0.3 is 15.2 Å². The molecule has 1 heterocycles. The molecule has 0 aliphatic carbocycles. The Balaban J connectivity index is 0.00000162.